The number of nitrogens with zero attached hydrogens (tertiary/aromatic N) is 1. The molecule has 0 aromatic rings. The molecule has 0 amide bonds. The van der Waals surface area contributed by atoms with Crippen molar-refractivity contribution in [1.82, 2.24) is 4.90 Å². The van der Waals surface area contributed by atoms with E-state index in [-0.39, 0.29) is 6.61 Å². The van der Waals surface area contributed by atoms with Gasteiger partial charge in [0, 0.05) is 19.6 Å². The molecule has 0 aromatic heterocycles. The highest BCUT2D eigenvalue weighted by atomic mass is 16.3. The van der Waals surface area contributed by atoms with Gasteiger partial charge in [-0.3, -0.25) is 4.90 Å². The van der Waals surface area contributed by atoms with E-state index in [1.54, 1.807) is 0 Å². The van der Waals surface area contributed by atoms with Gasteiger partial charge < -0.3 is 10.8 Å². The first-order chi connectivity index (χ1) is 7.13. The SMILES string of the molecule is C=CCN(CCO)CC(CN)CC(C)C. The number of hydrogen-bond donors (Lipinski definition) is 2. The minimum Gasteiger partial charge on any atom is -0.395 e. The Labute approximate surface area is 94.0 Å². The summed E-state index contributed by atoms with van der Waals surface area (Å²) < 4.78 is 0. The summed E-state index contributed by atoms with van der Waals surface area (Å²) >= 11 is 0. The average Bonchev–Trinajstić information content (AvgIpc) is 2.16. The number of rotatable bonds is 9. The van der Waals surface area contributed by atoms with Crippen LogP contribution in [0, 0.1) is 11.8 Å². The number of aliphatic hydroxyl groups is 1. The second-order valence-corrected chi connectivity index (χ2v) is 4.50. The highest BCUT2D eigenvalue weighted by molar-refractivity contribution is 4.76. The second-order valence-electron chi connectivity index (χ2n) is 4.50. The topological polar surface area (TPSA) is 49.5 Å². The maximum atomic E-state index is 8.92. The molecule has 0 saturated carbocycles. The van der Waals surface area contributed by atoms with Crippen molar-refractivity contribution in [3.8, 4) is 0 Å². The van der Waals surface area contributed by atoms with E-state index < -0.39 is 0 Å². The van der Waals surface area contributed by atoms with Crippen LogP contribution in [0.25, 0.3) is 0 Å². The number of nitrogens with two attached hydrogens (primary N) is 1. The first kappa shape index (κ1) is 14.6. The normalized spacial score (nSPS) is 13.5. The molecular weight excluding hydrogens is 188 g/mol. The fourth-order valence-electron chi connectivity index (χ4n) is 1.86. The van der Waals surface area contributed by atoms with E-state index in [0.717, 1.165) is 26.1 Å². The van der Waals surface area contributed by atoms with Crippen LogP contribution < -0.4 is 5.73 Å². The zero-order chi connectivity index (χ0) is 11.7. The largest absolute Gasteiger partial charge is 0.395 e. The Hall–Kier alpha value is -0.380. The molecular formula is C12H26N2O. The van der Waals surface area contributed by atoms with Gasteiger partial charge in [0.05, 0.1) is 6.61 Å². The zero-order valence-electron chi connectivity index (χ0n) is 10.2. The summed E-state index contributed by atoms with van der Waals surface area (Å²) in [5.74, 6) is 1.20. The van der Waals surface area contributed by atoms with Crippen LogP contribution in [0.15, 0.2) is 12.7 Å². The van der Waals surface area contributed by atoms with E-state index in [2.05, 4.69) is 25.3 Å². The van der Waals surface area contributed by atoms with Crippen molar-refractivity contribution in [3.05, 3.63) is 12.7 Å². The van der Waals surface area contributed by atoms with E-state index in [1.165, 1.54) is 0 Å². The predicted octanol–water partition coefficient (Wildman–Crippen LogP) is 1.09. The minimum atomic E-state index is 0.201. The lowest BCUT2D eigenvalue weighted by Gasteiger charge is -2.26. The zero-order valence-corrected chi connectivity index (χ0v) is 10.2. The average molecular weight is 214 g/mol. The quantitative estimate of drug-likeness (QED) is 0.565. The summed E-state index contributed by atoms with van der Waals surface area (Å²) in [6.07, 6.45) is 3.02. The third kappa shape index (κ3) is 7.54. The van der Waals surface area contributed by atoms with Crippen LogP contribution in [0.3, 0.4) is 0 Å². The van der Waals surface area contributed by atoms with E-state index in [4.69, 9.17) is 10.8 Å². The molecule has 0 fully saturated rings. The Balaban J connectivity index is 4.02. The van der Waals surface area contributed by atoms with Crippen LogP contribution in [0.1, 0.15) is 20.3 Å². The minimum absolute atomic E-state index is 0.201. The Morgan fingerprint density at radius 3 is 2.53 bits per heavy atom. The maximum Gasteiger partial charge on any atom is 0.0558 e. The molecule has 3 N–H and O–H groups in total. The molecule has 1 atom stereocenters. The summed E-state index contributed by atoms with van der Waals surface area (Å²) in [7, 11) is 0. The monoisotopic (exact) mass is 214 g/mol. The summed E-state index contributed by atoms with van der Waals surface area (Å²) in [5, 5.41) is 8.92. The Kier molecular flexibility index (Phi) is 8.67. The first-order valence-corrected chi connectivity index (χ1v) is 5.78. The Bertz CT molecular complexity index is 160. The molecule has 0 saturated heterocycles. The van der Waals surface area contributed by atoms with E-state index in [1.807, 2.05) is 6.08 Å². The van der Waals surface area contributed by atoms with Crippen LogP contribution >= 0.6 is 0 Å². The van der Waals surface area contributed by atoms with Crippen LogP contribution in [0.2, 0.25) is 0 Å². The van der Waals surface area contributed by atoms with Crippen molar-refractivity contribution in [2.75, 3.05) is 32.8 Å². The van der Waals surface area contributed by atoms with Crippen molar-refractivity contribution in [1.29, 1.82) is 0 Å². The molecule has 0 rings (SSSR count). The van der Waals surface area contributed by atoms with Crippen LogP contribution in [0.4, 0.5) is 0 Å². The van der Waals surface area contributed by atoms with Gasteiger partial charge in [0.15, 0.2) is 0 Å². The van der Waals surface area contributed by atoms with Crippen molar-refractivity contribution >= 4 is 0 Å². The van der Waals surface area contributed by atoms with E-state index in [9.17, 15) is 0 Å². The van der Waals surface area contributed by atoms with Crippen molar-refractivity contribution < 1.29 is 5.11 Å². The lowest BCUT2D eigenvalue weighted by atomic mass is 9.96. The highest BCUT2D eigenvalue weighted by Gasteiger charge is 2.13. The second kappa shape index (κ2) is 8.89. The van der Waals surface area contributed by atoms with Gasteiger partial charge in [0.25, 0.3) is 0 Å². The molecule has 0 spiro atoms. The highest BCUT2D eigenvalue weighted by Crippen LogP contribution is 2.12. The standard InChI is InChI=1S/C12H26N2O/c1-4-5-14(6-7-15)10-12(9-13)8-11(2)3/h4,11-12,15H,1,5-10,13H2,2-3H3. The van der Waals surface area contributed by atoms with E-state index >= 15 is 0 Å². The Morgan fingerprint density at radius 1 is 1.47 bits per heavy atom. The molecule has 0 heterocycles. The summed E-state index contributed by atoms with van der Waals surface area (Å²) in [4.78, 5) is 2.20. The number of aliphatic hydroxyl groups excluding tert-OH is 1. The van der Waals surface area contributed by atoms with Crippen LogP contribution in [-0.4, -0.2) is 42.8 Å². The van der Waals surface area contributed by atoms with Crippen molar-refractivity contribution in [2.24, 2.45) is 17.6 Å². The van der Waals surface area contributed by atoms with Gasteiger partial charge in [-0.2, -0.15) is 0 Å². The molecule has 3 heteroatoms. The van der Waals surface area contributed by atoms with Gasteiger partial charge in [-0.1, -0.05) is 19.9 Å². The molecule has 0 bridgehead atoms. The lowest BCUT2D eigenvalue weighted by Crippen LogP contribution is -2.35. The summed E-state index contributed by atoms with van der Waals surface area (Å²) in [6.45, 7) is 11.6. The van der Waals surface area contributed by atoms with Gasteiger partial charge in [-0.15, -0.1) is 6.58 Å². The van der Waals surface area contributed by atoms with Gasteiger partial charge >= 0.3 is 0 Å². The van der Waals surface area contributed by atoms with Gasteiger partial charge in [0.1, 0.15) is 0 Å². The number of hydrogen-bond acceptors (Lipinski definition) is 3. The summed E-state index contributed by atoms with van der Waals surface area (Å²) in [5.41, 5.74) is 5.75. The predicted molar refractivity (Wildman–Crippen MR) is 65.7 cm³/mol. The van der Waals surface area contributed by atoms with Crippen LogP contribution in [-0.2, 0) is 0 Å². The lowest BCUT2D eigenvalue weighted by molar-refractivity contribution is 0.181. The van der Waals surface area contributed by atoms with Gasteiger partial charge in [0.2, 0.25) is 0 Å². The van der Waals surface area contributed by atoms with Crippen molar-refractivity contribution in [3.63, 3.8) is 0 Å². The molecule has 90 valence electrons. The summed E-state index contributed by atoms with van der Waals surface area (Å²) in [6, 6.07) is 0. The maximum absolute atomic E-state index is 8.92. The molecule has 0 aromatic carbocycles. The van der Waals surface area contributed by atoms with Gasteiger partial charge in [-0.25, -0.2) is 0 Å². The third-order valence-electron chi connectivity index (χ3n) is 2.46. The fraction of sp³-hybridized carbons (Fsp3) is 0.833. The Morgan fingerprint density at radius 2 is 2.13 bits per heavy atom. The fourth-order valence-corrected chi connectivity index (χ4v) is 1.86. The smallest absolute Gasteiger partial charge is 0.0558 e. The van der Waals surface area contributed by atoms with Crippen LogP contribution in [0.5, 0.6) is 0 Å². The molecule has 0 aliphatic rings. The molecule has 1 unspecified atom stereocenters. The molecule has 15 heavy (non-hydrogen) atoms. The third-order valence-corrected chi connectivity index (χ3v) is 2.46. The first-order valence-electron chi connectivity index (χ1n) is 5.78. The molecule has 0 radical (unpaired) electrons. The molecule has 3 nitrogen and oxygen atoms in total. The van der Waals surface area contributed by atoms with E-state index in [0.29, 0.717) is 18.4 Å². The van der Waals surface area contributed by atoms with Crippen molar-refractivity contribution in [2.45, 2.75) is 20.3 Å². The molecule has 0 aliphatic carbocycles. The van der Waals surface area contributed by atoms with Gasteiger partial charge in [-0.05, 0) is 24.8 Å². The molecule has 0 aliphatic heterocycles.